The van der Waals surface area contributed by atoms with Crippen molar-refractivity contribution in [1.82, 2.24) is 20.3 Å². The van der Waals surface area contributed by atoms with Crippen molar-refractivity contribution in [2.75, 3.05) is 38.5 Å². The average Bonchev–Trinajstić information content (AvgIpc) is 2.68. The molecule has 1 aliphatic heterocycles. The average molecular weight is 572 g/mol. The molecule has 0 spiro atoms. The normalized spacial score (nSPS) is 18.5. The van der Waals surface area contributed by atoms with Crippen LogP contribution in [0.5, 0.6) is 0 Å². The summed E-state index contributed by atoms with van der Waals surface area (Å²) >= 11 is 0. The molecule has 1 saturated carbocycles. The number of nitrogens with one attached hydrogen (secondary N) is 3. The summed E-state index contributed by atoms with van der Waals surface area (Å²) < 4.78 is 27.0. The molecule has 0 radical (unpaired) electrons. The van der Waals surface area contributed by atoms with Crippen molar-refractivity contribution in [3.63, 3.8) is 0 Å². The second-order valence-corrected chi connectivity index (χ2v) is 10.4. The van der Waals surface area contributed by atoms with E-state index in [1.165, 1.54) is 6.42 Å². The van der Waals surface area contributed by atoms with E-state index < -0.39 is 10.0 Å². The van der Waals surface area contributed by atoms with Crippen LogP contribution >= 0.6 is 24.0 Å². The Balaban J connectivity index is 0.00000480. The number of aliphatic imine (C=N–C) groups is 1. The number of hydrogen-bond donors (Lipinski definition) is 3. The van der Waals surface area contributed by atoms with E-state index in [2.05, 4.69) is 34.2 Å². The first-order valence-corrected chi connectivity index (χ1v) is 13.3. The molecule has 1 aliphatic carbocycles. The Labute approximate surface area is 205 Å². The summed E-state index contributed by atoms with van der Waals surface area (Å²) in [5.74, 6) is 1.56. The predicted molar refractivity (Wildman–Crippen MR) is 137 cm³/mol. The van der Waals surface area contributed by atoms with Gasteiger partial charge in [-0.3, -0.25) is 9.79 Å². The number of rotatable bonds is 11. The largest absolute Gasteiger partial charge is 0.357 e. The first-order chi connectivity index (χ1) is 14.4. The van der Waals surface area contributed by atoms with Gasteiger partial charge in [0.05, 0.1) is 12.3 Å². The van der Waals surface area contributed by atoms with Gasteiger partial charge >= 0.3 is 0 Å². The molecule has 3 N–H and O–H groups in total. The predicted octanol–water partition coefficient (Wildman–Crippen LogP) is 2.31. The van der Waals surface area contributed by atoms with Crippen molar-refractivity contribution in [3.8, 4) is 0 Å². The Morgan fingerprint density at radius 3 is 2.26 bits per heavy atom. The van der Waals surface area contributed by atoms with Crippen LogP contribution in [0.25, 0.3) is 0 Å². The fraction of sp³-hybridized carbons (Fsp3) is 0.905. The van der Waals surface area contributed by atoms with Gasteiger partial charge in [0.2, 0.25) is 15.9 Å². The summed E-state index contributed by atoms with van der Waals surface area (Å²) in [7, 11) is -3.28. The highest BCUT2D eigenvalue weighted by molar-refractivity contribution is 14.0. The molecule has 2 fully saturated rings. The van der Waals surface area contributed by atoms with E-state index in [-0.39, 0.29) is 54.1 Å². The highest BCUT2D eigenvalue weighted by Crippen LogP contribution is 2.25. The van der Waals surface area contributed by atoms with E-state index in [1.807, 2.05) is 11.8 Å². The molecular weight excluding hydrogens is 529 g/mol. The van der Waals surface area contributed by atoms with Crippen molar-refractivity contribution in [1.29, 1.82) is 0 Å². The summed E-state index contributed by atoms with van der Waals surface area (Å²) in [6.07, 6.45) is 6.98. The van der Waals surface area contributed by atoms with Gasteiger partial charge in [-0.2, -0.15) is 0 Å². The van der Waals surface area contributed by atoms with Gasteiger partial charge in [0, 0.05) is 38.1 Å². The molecule has 0 unspecified atom stereocenters. The zero-order valence-corrected chi connectivity index (χ0v) is 22.5. The number of piperidine rings is 1. The fourth-order valence-corrected chi connectivity index (χ4v) is 4.91. The first-order valence-electron chi connectivity index (χ1n) is 11.7. The molecule has 2 aliphatic rings. The van der Waals surface area contributed by atoms with Crippen molar-refractivity contribution in [2.24, 2.45) is 16.8 Å². The molecule has 182 valence electrons. The van der Waals surface area contributed by atoms with Gasteiger partial charge in [-0.05, 0) is 51.4 Å². The third-order valence-electron chi connectivity index (χ3n) is 6.27. The monoisotopic (exact) mass is 571 g/mol. The topological polar surface area (TPSA) is 103 Å². The van der Waals surface area contributed by atoms with Crippen LogP contribution in [-0.2, 0) is 14.8 Å². The number of carbonyl (C=O) groups is 1. The van der Waals surface area contributed by atoms with Crippen molar-refractivity contribution in [3.05, 3.63) is 0 Å². The van der Waals surface area contributed by atoms with Crippen LogP contribution in [0, 0.1) is 11.8 Å². The zero-order chi connectivity index (χ0) is 22.0. The van der Waals surface area contributed by atoms with Crippen LogP contribution in [0.1, 0.15) is 65.7 Å². The molecule has 1 heterocycles. The number of halogens is 1. The first kappa shape index (κ1) is 28.4. The molecule has 0 atom stereocenters. The van der Waals surface area contributed by atoms with Crippen LogP contribution in [0.3, 0.4) is 0 Å². The molecule has 2 rings (SSSR count). The van der Waals surface area contributed by atoms with Gasteiger partial charge in [0.15, 0.2) is 5.96 Å². The number of likely N-dealkylation sites (tertiary alicyclic amines) is 1. The summed E-state index contributed by atoms with van der Waals surface area (Å²) in [5.41, 5.74) is 0. The molecule has 0 aromatic carbocycles. The van der Waals surface area contributed by atoms with E-state index >= 15 is 0 Å². The Morgan fingerprint density at radius 1 is 1.10 bits per heavy atom. The second kappa shape index (κ2) is 14.5. The summed E-state index contributed by atoms with van der Waals surface area (Å²) in [6, 6.07) is 0.238. The van der Waals surface area contributed by atoms with Crippen LogP contribution < -0.4 is 15.4 Å². The highest BCUT2D eigenvalue weighted by atomic mass is 127. The van der Waals surface area contributed by atoms with E-state index in [0.717, 1.165) is 51.6 Å². The third-order valence-corrected chi connectivity index (χ3v) is 7.60. The molecule has 1 amide bonds. The van der Waals surface area contributed by atoms with Gasteiger partial charge in [-0.15, -0.1) is 24.0 Å². The Hall–Kier alpha value is -0.620. The highest BCUT2D eigenvalue weighted by Gasteiger charge is 2.27. The Morgan fingerprint density at radius 2 is 1.74 bits per heavy atom. The minimum Gasteiger partial charge on any atom is -0.357 e. The lowest BCUT2D eigenvalue weighted by Gasteiger charge is -2.34. The van der Waals surface area contributed by atoms with Crippen LogP contribution in [-0.4, -0.2) is 69.7 Å². The Kier molecular flexibility index (Phi) is 13.3. The molecule has 10 heteroatoms. The summed E-state index contributed by atoms with van der Waals surface area (Å²) in [6.45, 7) is 9.14. The number of carbonyl (C=O) groups excluding carboxylic acids is 1. The third kappa shape index (κ3) is 9.81. The lowest BCUT2D eigenvalue weighted by molar-refractivity contribution is -0.136. The maximum absolute atomic E-state index is 12.6. The van der Waals surface area contributed by atoms with Gasteiger partial charge in [-0.25, -0.2) is 13.1 Å². The number of hydrogen-bond acceptors (Lipinski definition) is 4. The summed E-state index contributed by atoms with van der Waals surface area (Å²) in [5, 5.41) is 6.61. The number of sulfonamides is 1. The SMILES string of the molecule is CCNC(=NCCS(=O)(=O)NCC1CCC1)NC1CCN(C(=O)C(CC)CC)CC1.I. The molecule has 1 saturated heterocycles. The molecule has 0 aromatic heterocycles. The minimum absolute atomic E-state index is 0. The minimum atomic E-state index is -3.28. The molecule has 0 bridgehead atoms. The lowest BCUT2D eigenvalue weighted by Crippen LogP contribution is -2.50. The fourth-order valence-electron chi connectivity index (χ4n) is 3.95. The van der Waals surface area contributed by atoms with Gasteiger partial charge in [0.1, 0.15) is 0 Å². The molecule has 31 heavy (non-hydrogen) atoms. The standard InChI is InChI=1S/C21H41N5O3S.HI/c1-4-18(5-2)20(27)26-13-10-19(11-14-26)25-21(22-6-3)23-12-15-30(28,29)24-16-17-8-7-9-17;/h17-19,24H,4-16H2,1-3H3,(H2,22,23,25);1H. The van der Waals surface area contributed by atoms with E-state index in [4.69, 9.17) is 0 Å². The Bertz CT molecular complexity index is 658. The van der Waals surface area contributed by atoms with Crippen LogP contribution in [0.4, 0.5) is 0 Å². The van der Waals surface area contributed by atoms with Crippen LogP contribution in [0.15, 0.2) is 4.99 Å². The van der Waals surface area contributed by atoms with E-state index in [1.54, 1.807) is 0 Å². The van der Waals surface area contributed by atoms with Crippen molar-refractivity contribution >= 4 is 45.9 Å². The van der Waals surface area contributed by atoms with Gasteiger partial charge < -0.3 is 15.5 Å². The zero-order valence-electron chi connectivity index (χ0n) is 19.4. The van der Waals surface area contributed by atoms with Gasteiger partial charge in [-0.1, -0.05) is 20.3 Å². The molecule has 0 aromatic rings. The van der Waals surface area contributed by atoms with E-state index in [9.17, 15) is 13.2 Å². The van der Waals surface area contributed by atoms with E-state index in [0.29, 0.717) is 25.0 Å². The number of nitrogens with zero attached hydrogens (tertiary/aromatic N) is 2. The number of guanidine groups is 1. The second-order valence-electron chi connectivity index (χ2n) is 8.48. The van der Waals surface area contributed by atoms with Crippen molar-refractivity contribution < 1.29 is 13.2 Å². The van der Waals surface area contributed by atoms with Gasteiger partial charge in [0.25, 0.3) is 0 Å². The number of amides is 1. The van der Waals surface area contributed by atoms with Crippen LogP contribution in [0.2, 0.25) is 0 Å². The molecule has 8 nitrogen and oxygen atoms in total. The van der Waals surface area contributed by atoms with Crippen molar-refractivity contribution in [2.45, 2.75) is 71.8 Å². The quantitative estimate of drug-likeness (QED) is 0.201. The maximum atomic E-state index is 12.6. The summed E-state index contributed by atoms with van der Waals surface area (Å²) in [4.78, 5) is 19.0. The lowest BCUT2D eigenvalue weighted by atomic mass is 9.86. The smallest absolute Gasteiger partial charge is 0.225 e. The maximum Gasteiger partial charge on any atom is 0.225 e. The molecular formula is C21H42IN5O3S.